The highest BCUT2D eigenvalue weighted by molar-refractivity contribution is 7.09. The van der Waals surface area contributed by atoms with Gasteiger partial charge in [0.2, 0.25) is 0 Å². The molecule has 2 rings (SSSR count). The first-order valence-corrected chi connectivity index (χ1v) is 5.82. The zero-order chi connectivity index (χ0) is 9.26. The second-order valence-electron chi connectivity index (χ2n) is 3.86. The Balaban J connectivity index is 2.14. The maximum atomic E-state index is 4.41. The average molecular weight is 196 g/mol. The van der Waals surface area contributed by atoms with Crippen LogP contribution in [0.3, 0.4) is 0 Å². The van der Waals surface area contributed by atoms with E-state index in [2.05, 4.69) is 29.1 Å². The lowest BCUT2D eigenvalue weighted by molar-refractivity contribution is 0.205. The Morgan fingerprint density at radius 3 is 3.08 bits per heavy atom. The molecule has 0 N–H and O–H groups in total. The van der Waals surface area contributed by atoms with Crippen molar-refractivity contribution in [2.24, 2.45) is 0 Å². The molecule has 0 saturated carbocycles. The normalized spacial score (nSPS) is 24.4. The Bertz CT molecular complexity index is 256. The van der Waals surface area contributed by atoms with E-state index in [0.717, 1.165) is 0 Å². The lowest BCUT2D eigenvalue weighted by Crippen LogP contribution is -2.30. The Kier molecular flexibility index (Phi) is 2.65. The van der Waals surface area contributed by atoms with Crippen LogP contribution < -0.4 is 0 Å². The van der Waals surface area contributed by atoms with Crippen LogP contribution in [0, 0.1) is 0 Å². The van der Waals surface area contributed by atoms with E-state index in [9.17, 15) is 0 Å². The molecule has 0 radical (unpaired) electrons. The van der Waals surface area contributed by atoms with Gasteiger partial charge in [-0.15, -0.1) is 11.3 Å². The van der Waals surface area contributed by atoms with Crippen molar-refractivity contribution < 1.29 is 0 Å². The summed E-state index contributed by atoms with van der Waals surface area (Å²) in [5, 5.41) is 3.37. The maximum Gasteiger partial charge on any atom is 0.110 e. The van der Waals surface area contributed by atoms with Crippen LogP contribution in [0.2, 0.25) is 0 Å². The lowest BCUT2D eigenvalue weighted by Gasteiger charge is -2.26. The molecule has 3 heteroatoms. The predicted molar refractivity (Wildman–Crippen MR) is 55.9 cm³/mol. The number of likely N-dealkylation sites (tertiary alicyclic amines) is 1. The molecule has 1 aliphatic heterocycles. The van der Waals surface area contributed by atoms with Crippen molar-refractivity contribution in [1.82, 2.24) is 9.88 Å². The van der Waals surface area contributed by atoms with Crippen LogP contribution in [-0.2, 0) is 0 Å². The molecule has 0 bridgehead atoms. The van der Waals surface area contributed by atoms with Crippen LogP contribution in [0.15, 0.2) is 11.6 Å². The van der Waals surface area contributed by atoms with E-state index in [1.807, 2.05) is 6.20 Å². The molecule has 0 unspecified atom stereocenters. The molecule has 0 amide bonds. The van der Waals surface area contributed by atoms with E-state index in [4.69, 9.17) is 0 Å². The van der Waals surface area contributed by atoms with Crippen LogP contribution in [0.25, 0.3) is 0 Å². The van der Waals surface area contributed by atoms with Crippen molar-refractivity contribution in [2.45, 2.75) is 38.8 Å². The Morgan fingerprint density at radius 2 is 2.46 bits per heavy atom. The van der Waals surface area contributed by atoms with E-state index in [1.165, 1.54) is 24.4 Å². The van der Waals surface area contributed by atoms with Gasteiger partial charge < -0.3 is 0 Å². The minimum absolute atomic E-state index is 0.597. The highest BCUT2D eigenvalue weighted by atomic mass is 32.1. The summed E-state index contributed by atoms with van der Waals surface area (Å²) in [6, 6.07) is 1.25. The zero-order valence-corrected chi connectivity index (χ0v) is 9.05. The SMILES string of the molecule is CC(C)N1CCC[C@H]1c1nccs1. The average Bonchev–Trinajstić information content (AvgIpc) is 2.74. The second-order valence-corrected chi connectivity index (χ2v) is 4.79. The van der Waals surface area contributed by atoms with Crippen LogP contribution in [0.5, 0.6) is 0 Å². The topological polar surface area (TPSA) is 16.1 Å². The predicted octanol–water partition coefficient (Wildman–Crippen LogP) is 2.69. The van der Waals surface area contributed by atoms with Crippen molar-refractivity contribution in [3.8, 4) is 0 Å². The summed E-state index contributed by atoms with van der Waals surface area (Å²) in [5.41, 5.74) is 0. The largest absolute Gasteiger partial charge is 0.292 e. The molecule has 0 aromatic carbocycles. The molecule has 1 aromatic rings. The van der Waals surface area contributed by atoms with Gasteiger partial charge in [-0.1, -0.05) is 0 Å². The third-order valence-corrected chi connectivity index (χ3v) is 3.57. The quantitative estimate of drug-likeness (QED) is 0.723. The summed E-state index contributed by atoms with van der Waals surface area (Å²) in [6.45, 7) is 5.78. The first-order valence-electron chi connectivity index (χ1n) is 4.94. The van der Waals surface area contributed by atoms with Crippen molar-refractivity contribution in [3.05, 3.63) is 16.6 Å². The van der Waals surface area contributed by atoms with Gasteiger partial charge in [-0.05, 0) is 33.2 Å². The molecule has 1 fully saturated rings. The maximum absolute atomic E-state index is 4.41. The summed E-state index contributed by atoms with van der Waals surface area (Å²) in [6.07, 6.45) is 4.52. The number of nitrogens with zero attached hydrogens (tertiary/aromatic N) is 2. The van der Waals surface area contributed by atoms with E-state index in [1.54, 1.807) is 11.3 Å². The van der Waals surface area contributed by atoms with Crippen LogP contribution >= 0.6 is 11.3 Å². The molecular formula is C10H16N2S. The van der Waals surface area contributed by atoms with Crippen LogP contribution in [-0.4, -0.2) is 22.5 Å². The fraction of sp³-hybridized carbons (Fsp3) is 0.700. The van der Waals surface area contributed by atoms with Gasteiger partial charge in [-0.3, -0.25) is 4.90 Å². The highest BCUT2D eigenvalue weighted by Crippen LogP contribution is 2.34. The van der Waals surface area contributed by atoms with Crippen LogP contribution in [0.4, 0.5) is 0 Å². The monoisotopic (exact) mass is 196 g/mol. The Labute approximate surface area is 83.6 Å². The van der Waals surface area contributed by atoms with E-state index in [0.29, 0.717) is 12.1 Å². The Morgan fingerprint density at radius 1 is 1.62 bits per heavy atom. The molecule has 2 heterocycles. The number of rotatable bonds is 2. The van der Waals surface area contributed by atoms with Crippen LogP contribution in [0.1, 0.15) is 37.7 Å². The van der Waals surface area contributed by atoms with Gasteiger partial charge in [-0.25, -0.2) is 4.98 Å². The highest BCUT2D eigenvalue weighted by Gasteiger charge is 2.29. The molecule has 1 atom stereocenters. The van der Waals surface area contributed by atoms with Gasteiger partial charge in [0, 0.05) is 17.6 Å². The van der Waals surface area contributed by atoms with Crippen molar-refractivity contribution in [3.63, 3.8) is 0 Å². The second kappa shape index (κ2) is 3.76. The summed E-state index contributed by atoms with van der Waals surface area (Å²) in [7, 11) is 0. The number of hydrogen-bond donors (Lipinski definition) is 0. The minimum Gasteiger partial charge on any atom is -0.292 e. The van der Waals surface area contributed by atoms with Gasteiger partial charge in [0.05, 0.1) is 6.04 Å². The molecule has 72 valence electrons. The number of hydrogen-bond acceptors (Lipinski definition) is 3. The molecule has 0 aliphatic carbocycles. The summed E-state index contributed by atoms with van der Waals surface area (Å²) >= 11 is 1.79. The minimum atomic E-state index is 0.597. The van der Waals surface area contributed by atoms with Gasteiger partial charge in [0.15, 0.2) is 0 Å². The van der Waals surface area contributed by atoms with E-state index in [-0.39, 0.29) is 0 Å². The summed E-state index contributed by atoms with van der Waals surface area (Å²) < 4.78 is 0. The van der Waals surface area contributed by atoms with Crippen molar-refractivity contribution in [2.75, 3.05) is 6.54 Å². The zero-order valence-electron chi connectivity index (χ0n) is 8.23. The summed E-state index contributed by atoms with van der Waals surface area (Å²) in [5.74, 6) is 0. The third kappa shape index (κ3) is 1.76. The number of aromatic nitrogens is 1. The fourth-order valence-electron chi connectivity index (χ4n) is 2.07. The van der Waals surface area contributed by atoms with Crippen molar-refractivity contribution >= 4 is 11.3 Å². The third-order valence-electron chi connectivity index (χ3n) is 2.69. The molecular weight excluding hydrogens is 180 g/mol. The van der Waals surface area contributed by atoms with Crippen molar-refractivity contribution in [1.29, 1.82) is 0 Å². The molecule has 2 nitrogen and oxygen atoms in total. The number of thiazole rings is 1. The van der Waals surface area contributed by atoms with Gasteiger partial charge in [0.1, 0.15) is 5.01 Å². The first kappa shape index (κ1) is 9.16. The summed E-state index contributed by atoms with van der Waals surface area (Å²) in [4.78, 5) is 6.96. The molecule has 0 spiro atoms. The van der Waals surface area contributed by atoms with Gasteiger partial charge in [-0.2, -0.15) is 0 Å². The van der Waals surface area contributed by atoms with E-state index >= 15 is 0 Å². The molecule has 1 saturated heterocycles. The fourth-order valence-corrected chi connectivity index (χ4v) is 2.86. The smallest absolute Gasteiger partial charge is 0.110 e. The molecule has 13 heavy (non-hydrogen) atoms. The molecule has 1 aromatic heterocycles. The lowest BCUT2D eigenvalue weighted by atomic mass is 10.2. The van der Waals surface area contributed by atoms with Gasteiger partial charge >= 0.3 is 0 Å². The van der Waals surface area contributed by atoms with Gasteiger partial charge in [0.25, 0.3) is 0 Å². The van der Waals surface area contributed by atoms with E-state index < -0.39 is 0 Å². The molecule has 1 aliphatic rings. The Hall–Kier alpha value is -0.410. The first-order chi connectivity index (χ1) is 6.29. The standard InChI is InChI=1S/C10H16N2S/c1-8(2)12-6-3-4-9(12)10-11-5-7-13-10/h5,7-9H,3-4,6H2,1-2H3/t9-/m0/s1.